The van der Waals surface area contributed by atoms with E-state index in [2.05, 4.69) is 16.7 Å². The van der Waals surface area contributed by atoms with Crippen LogP contribution in [-0.2, 0) is 4.79 Å². The van der Waals surface area contributed by atoms with Gasteiger partial charge < -0.3 is 19.3 Å². The van der Waals surface area contributed by atoms with E-state index in [1.807, 2.05) is 24.3 Å². The highest BCUT2D eigenvalue weighted by atomic mass is 16.5. The molecule has 0 aromatic heterocycles. The van der Waals surface area contributed by atoms with Gasteiger partial charge in [0.1, 0.15) is 11.5 Å². The molecule has 0 radical (unpaired) electrons. The number of amides is 1. The van der Waals surface area contributed by atoms with Gasteiger partial charge in [0.05, 0.1) is 19.6 Å². The lowest BCUT2D eigenvalue weighted by molar-refractivity contribution is -0.139. The highest BCUT2D eigenvalue weighted by Gasteiger charge is 2.39. The molecule has 1 aromatic carbocycles. The number of carbonyl (C=O) groups is 1. The predicted molar refractivity (Wildman–Crippen MR) is 98.1 cm³/mol. The molecule has 3 fully saturated rings. The molecule has 0 unspecified atom stereocenters. The van der Waals surface area contributed by atoms with Gasteiger partial charge in [-0.25, -0.2) is 0 Å². The van der Waals surface area contributed by atoms with E-state index in [0.29, 0.717) is 18.6 Å². The molecule has 5 heteroatoms. The maximum Gasteiger partial charge on any atom is 0.227 e. The first kappa shape index (κ1) is 18.1. The molecule has 25 heavy (non-hydrogen) atoms. The topological polar surface area (TPSA) is 42.0 Å². The molecular weight excluding hydrogens is 316 g/mol. The van der Waals surface area contributed by atoms with Crippen molar-refractivity contribution < 1.29 is 14.3 Å². The molecule has 0 N–H and O–H groups in total. The van der Waals surface area contributed by atoms with Gasteiger partial charge in [-0.15, -0.1) is 0 Å². The summed E-state index contributed by atoms with van der Waals surface area (Å²) in [7, 11) is 1.66. The van der Waals surface area contributed by atoms with Crippen LogP contribution < -0.4 is 9.47 Å². The van der Waals surface area contributed by atoms with Crippen molar-refractivity contribution in [3.8, 4) is 11.5 Å². The lowest BCUT2D eigenvalue weighted by Gasteiger charge is -2.35. The Morgan fingerprint density at radius 2 is 2.00 bits per heavy atom. The summed E-state index contributed by atoms with van der Waals surface area (Å²) >= 11 is 0. The number of hydrogen-bond donors (Lipinski definition) is 0. The third-order valence-electron chi connectivity index (χ3n) is 5.26. The number of rotatable bonds is 8. The highest BCUT2D eigenvalue weighted by Crippen LogP contribution is 2.29. The van der Waals surface area contributed by atoms with Crippen molar-refractivity contribution in [1.29, 1.82) is 0 Å². The zero-order valence-electron chi connectivity index (χ0n) is 15.4. The van der Waals surface area contributed by atoms with Crippen LogP contribution in [0.5, 0.6) is 11.5 Å². The van der Waals surface area contributed by atoms with Crippen molar-refractivity contribution in [3.05, 3.63) is 24.3 Å². The van der Waals surface area contributed by atoms with Crippen molar-refractivity contribution in [2.75, 3.05) is 39.9 Å². The molecule has 2 atom stereocenters. The maximum absolute atomic E-state index is 12.6. The number of ether oxygens (including phenoxy) is 2. The maximum atomic E-state index is 12.6. The normalized spacial score (nSPS) is 23.6. The summed E-state index contributed by atoms with van der Waals surface area (Å²) in [6.45, 7) is 6.66. The lowest BCUT2D eigenvalue weighted by Crippen LogP contribution is -2.48. The second kappa shape index (κ2) is 8.56. The minimum atomic E-state index is 0.199. The first-order valence-electron chi connectivity index (χ1n) is 9.51. The Morgan fingerprint density at radius 3 is 2.80 bits per heavy atom. The molecule has 3 heterocycles. The Bertz CT molecular complexity index is 578. The average molecular weight is 346 g/mol. The number of carbonyl (C=O) groups excluding carboxylic acids is 1. The highest BCUT2D eigenvalue weighted by molar-refractivity contribution is 5.80. The van der Waals surface area contributed by atoms with E-state index >= 15 is 0 Å². The molecule has 5 nitrogen and oxygen atoms in total. The molecule has 2 bridgehead atoms. The second-order valence-corrected chi connectivity index (χ2v) is 7.10. The van der Waals surface area contributed by atoms with Gasteiger partial charge in [0, 0.05) is 38.3 Å². The fourth-order valence-electron chi connectivity index (χ4n) is 4.02. The van der Waals surface area contributed by atoms with E-state index in [0.717, 1.165) is 63.4 Å². The quantitative estimate of drug-likeness (QED) is 0.679. The smallest absolute Gasteiger partial charge is 0.227 e. The number of nitrogens with zero attached hydrogens (tertiary/aromatic N) is 2. The number of benzene rings is 1. The predicted octanol–water partition coefficient (Wildman–Crippen LogP) is 2.80. The minimum absolute atomic E-state index is 0.199. The SMILES string of the molecule is CCCN1C(=O)[C@H]2CC[C@@H]1CN(CCCOc1cccc(OC)c1)C2. The zero-order chi connectivity index (χ0) is 17.6. The van der Waals surface area contributed by atoms with Crippen LogP contribution in [0.3, 0.4) is 0 Å². The molecule has 0 aliphatic carbocycles. The molecule has 3 saturated heterocycles. The van der Waals surface area contributed by atoms with Gasteiger partial charge in [-0.1, -0.05) is 13.0 Å². The van der Waals surface area contributed by atoms with Crippen LogP contribution >= 0.6 is 0 Å². The van der Waals surface area contributed by atoms with Crippen LogP contribution in [0.2, 0.25) is 0 Å². The summed E-state index contributed by atoms with van der Waals surface area (Å²) in [6.07, 6.45) is 4.23. The third-order valence-corrected chi connectivity index (χ3v) is 5.26. The number of piperidine rings is 1. The summed E-state index contributed by atoms with van der Waals surface area (Å²) < 4.78 is 11.1. The Labute approximate surface area is 150 Å². The fourth-order valence-corrected chi connectivity index (χ4v) is 4.02. The number of methoxy groups -OCH3 is 1. The van der Waals surface area contributed by atoms with Crippen molar-refractivity contribution in [1.82, 2.24) is 9.80 Å². The number of hydrogen-bond acceptors (Lipinski definition) is 4. The molecule has 3 aliphatic heterocycles. The molecule has 3 aliphatic rings. The summed E-state index contributed by atoms with van der Waals surface area (Å²) in [5.74, 6) is 2.24. The van der Waals surface area contributed by atoms with Crippen molar-refractivity contribution >= 4 is 5.91 Å². The Kier molecular flexibility index (Phi) is 6.19. The summed E-state index contributed by atoms with van der Waals surface area (Å²) in [5, 5.41) is 0. The molecular formula is C20H30N2O3. The van der Waals surface area contributed by atoms with Gasteiger partial charge in [-0.05, 0) is 37.8 Å². The summed E-state index contributed by atoms with van der Waals surface area (Å²) in [4.78, 5) is 17.2. The van der Waals surface area contributed by atoms with E-state index < -0.39 is 0 Å². The van der Waals surface area contributed by atoms with Crippen LogP contribution in [0.15, 0.2) is 24.3 Å². The van der Waals surface area contributed by atoms with Gasteiger partial charge >= 0.3 is 0 Å². The molecule has 0 spiro atoms. The van der Waals surface area contributed by atoms with E-state index in [4.69, 9.17) is 9.47 Å². The largest absolute Gasteiger partial charge is 0.497 e. The molecule has 1 amide bonds. The van der Waals surface area contributed by atoms with E-state index in [9.17, 15) is 4.79 Å². The Balaban J connectivity index is 1.46. The van der Waals surface area contributed by atoms with E-state index in [1.54, 1.807) is 7.11 Å². The van der Waals surface area contributed by atoms with Gasteiger partial charge in [0.2, 0.25) is 5.91 Å². The zero-order valence-corrected chi connectivity index (χ0v) is 15.4. The molecule has 4 rings (SSSR count). The third kappa shape index (κ3) is 4.46. The second-order valence-electron chi connectivity index (χ2n) is 7.10. The van der Waals surface area contributed by atoms with Crippen molar-refractivity contribution in [2.24, 2.45) is 5.92 Å². The first-order chi connectivity index (χ1) is 12.2. The van der Waals surface area contributed by atoms with E-state index in [1.165, 1.54) is 0 Å². The lowest BCUT2D eigenvalue weighted by atomic mass is 9.94. The van der Waals surface area contributed by atoms with Crippen LogP contribution in [0, 0.1) is 5.92 Å². The van der Waals surface area contributed by atoms with Crippen LogP contribution in [0.4, 0.5) is 0 Å². The fraction of sp³-hybridized carbons (Fsp3) is 0.650. The minimum Gasteiger partial charge on any atom is -0.497 e. The summed E-state index contributed by atoms with van der Waals surface area (Å²) in [6, 6.07) is 8.13. The van der Waals surface area contributed by atoms with Crippen molar-refractivity contribution in [3.63, 3.8) is 0 Å². The Morgan fingerprint density at radius 1 is 1.16 bits per heavy atom. The Hall–Kier alpha value is -1.75. The van der Waals surface area contributed by atoms with Gasteiger partial charge in [-0.2, -0.15) is 0 Å². The molecule has 1 aromatic rings. The number of fused-ring (bicyclic) bond motifs is 4. The molecule has 0 saturated carbocycles. The van der Waals surface area contributed by atoms with Crippen molar-refractivity contribution in [2.45, 2.75) is 38.6 Å². The standard InChI is InChI=1S/C20H30N2O3/c1-3-10-22-17-9-8-16(20(22)23)14-21(15-17)11-5-12-25-19-7-4-6-18(13-19)24-2/h4,6-7,13,16-17H,3,5,8-12,14-15H2,1-2H3/t16-,17+/m0/s1. The van der Waals surface area contributed by atoms with Crippen LogP contribution in [0.25, 0.3) is 0 Å². The average Bonchev–Trinajstić information content (AvgIpc) is 2.91. The first-order valence-corrected chi connectivity index (χ1v) is 9.51. The summed E-state index contributed by atoms with van der Waals surface area (Å²) in [5.41, 5.74) is 0. The van der Waals surface area contributed by atoms with Crippen LogP contribution in [-0.4, -0.2) is 61.6 Å². The van der Waals surface area contributed by atoms with Gasteiger partial charge in [0.25, 0.3) is 0 Å². The van der Waals surface area contributed by atoms with Gasteiger partial charge in [-0.3, -0.25) is 4.79 Å². The van der Waals surface area contributed by atoms with E-state index in [-0.39, 0.29) is 5.92 Å². The van der Waals surface area contributed by atoms with Crippen LogP contribution in [0.1, 0.15) is 32.6 Å². The van der Waals surface area contributed by atoms with Gasteiger partial charge in [0.15, 0.2) is 0 Å². The molecule has 138 valence electrons. The monoisotopic (exact) mass is 346 g/mol.